The van der Waals surface area contributed by atoms with E-state index in [0.717, 1.165) is 5.56 Å². The Bertz CT molecular complexity index is 490. The highest BCUT2D eigenvalue weighted by atomic mass is 16.5. The Labute approximate surface area is 100 Å². The summed E-state index contributed by atoms with van der Waals surface area (Å²) in [5.41, 5.74) is 6.16. The molecule has 1 rings (SSSR count). The second kappa shape index (κ2) is 5.65. The van der Waals surface area contributed by atoms with Crippen molar-refractivity contribution in [3.63, 3.8) is 0 Å². The molecule has 0 radical (unpaired) electrons. The van der Waals surface area contributed by atoms with Crippen LogP contribution in [0, 0.1) is 6.92 Å². The predicted octanol–water partition coefficient (Wildman–Crippen LogP) is 1.96. The maximum Gasteiger partial charge on any atom is 0.267 e. The number of benzene rings is 1. The summed E-state index contributed by atoms with van der Waals surface area (Å²) >= 11 is 0. The zero-order valence-corrected chi connectivity index (χ0v) is 9.64. The molecule has 0 spiro atoms. The first kappa shape index (κ1) is 12.7. The topological polar surface area (TPSA) is 64.7 Å². The van der Waals surface area contributed by atoms with E-state index in [9.17, 15) is 4.79 Å². The van der Waals surface area contributed by atoms with Gasteiger partial charge in [-0.15, -0.1) is 0 Å². The van der Waals surface area contributed by atoms with Gasteiger partial charge in [0, 0.05) is 6.08 Å². The lowest BCUT2D eigenvalue weighted by atomic mass is 10.2. The number of aliphatic imine (C=N–C) groups is 1. The highest BCUT2D eigenvalue weighted by Crippen LogP contribution is 2.16. The Morgan fingerprint density at radius 1 is 1.53 bits per heavy atom. The van der Waals surface area contributed by atoms with E-state index in [-0.39, 0.29) is 11.5 Å². The third-order valence-corrected chi connectivity index (χ3v) is 1.96. The fraction of sp³-hybridized carbons (Fsp3) is 0.0769. The number of hydrogen-bond acceptors (Lipinski definition) is 3. The fourth-order valence-corrected chi connectivity index (χ4v) is 1.21. The Balaban J connectivity index is 2.80. The lowest BCUT2D eigenvalue weighted by Crippen LogP contribution is -2.12. The van der Waals surface area contributed by atoms with Crippen LogP contribution in [0.25, 0.3) is 0 Å². The summed E-state index contributed by atoms with van der Waals surface area (Å²) in [5.74, 6) is 0.241. The van der Waals surface area contributed by atoms with Gasteiger partial charge in [0.1, 0.15) is 17.2 Å². The van der Waals surface area contributed by atoms with Crippen LogP contribution in [0.5, 0.6) is 5.75 Å². The predicted molar refractivity (Wildman–Crippen MR) is 67.8 cm³/mol. The molecule has 0 fully saturated rings. The quantitative estimate of drug-likeness (QED) is 0.363. The van der Waals surface area contributed by atoms with Crippen LogP contribution < -0.4 is 10.5 Å². The minimum Gasteiger partial charge on any atom is -0.458 e. The van der Waals surface area contributed by atoms with E-state index in [4.69, 9.17) is 10.5 Å². The molecule has 0 aliphatic rings. The second-order valence-corrected chi connectivity index (χ2v) is 3.44. The van der Waals surface area contributed by atoms with Gasteiger partial charge in [0.2, 0.25) is 0 Å². The number of allylic oxidation sites excluding steroid dienone is 1. The fourth-order valence-electron chi connectivity index (χ4n) is 1.21. The van der Waals surface area contributed by atoms with Crippen LogP contribution in [-0.4, -0.2) is 12.6 Å². The molecule has 0 aromatic heterocycles. The van der Waals surface area contributed by atoms with Gasteiger partial charge < -0.3 is 10.5 Å². The molecule has 0 unspecified atom stereocenters. The van der Waals surface area contributed by atoms with Crippen molar-refractivity contribution in [1.82, 2.24) is 0 Å². The van der Waals surface area contributed by atoms with Gasteiger partial charge in [-0.05, 0) is 31.3 Å². The highest BCUT2D eigenvalue weighted by molar-refractivity contribution is 5.92. The lowest BCUT2D eigenvalue weighted by molar-refractivity contribution is -0.114. The molecule has 1 aromatic rings. The van der Waals surface area contributed by atoms with Gasteiger partial charge in [0.15, 0.2) is 0 Å². The maximum absolute atomic E-state index is 10.9. The molecule has 4 heteroatoms. The molecule has 0 atom stereocenters. The van der Waals surface area contributed by atoms with Gasteiger partial charge >= 0.3 is 0 Å². The number of nitrogens with two attached hydrogens (primary N) is 1. The number of primary amides is 1. The van der Waals surface area contributed by atoms with Crippen molar-refractivity contribution in [2.24, 2.45) is 10.7 Å². The number of hydrogen-bond donors (Lipinski definition) is 1. The molecule has 0 saturated carbocycles. The molecule has 0 saturated heterocycles. The normalized spacial score (nSPS) is 10.8. The summed E-state index contributed by atoms with van der Waals surface area (Å²) in [5, 5.41) is 0. The molecule has 1 amide bonds. The van der Waals surface area contributed by atoms with Crippen LogP contribution in [-0.2, 0) is 4.79 Å². The van der Waals surface area contributed by atoms with E-state index in [0.29, 0.717) is 5.75 Å². The van der Waals surface area contributed by atoms with Gasteiger partial charge in [-0.3, -0.25) is 9.79 Å². The molecule has 0 aliphatic carbocycles. The van der Waals surface area contributed by atoms with Crippen LogP contribution in [0.2, 0.25) is 0 Å². The molecule has 0 heterocycles. The minimum atomic E-state index is -0.672. The van der Waals surface area contributed by atoms with Crippen molar-refractivity contribution in [3.05, 3.63) is 53.9 Å². The zero-order valence-electron chi connectivity index (χ0n) is 9.64. The first-order valence-electron chi connectivity index (χ1n) is 4.94. The van der Waals surface area contributed by atoms with Crippen molar-refractivity contribution in [2.75, 3.05) is 0 Å². The van der Waals surface area contributed by atoms with Gasteiger partial charge in [-0.2, -0.15) is 0 Å². The SMILES string of the molecule is C=N/C(=C\C(=C)Oc1cccc(C)c1)C(N)=O. The maximum atomic E-state index is 10.9. The summed E-state index contributed by atoms with van der Waals surface area (Å²) < 4.78 is 5.41. The molecule has 4 nitrogen and oxygen atoms in total. The molecule has 0 bridgehead atoms. The Kier molecular flexibility index (Phi) is 4.22. The van der Waals surface area contributed by atoms with E-state index in [1.165, 1.54) is 6.08 Å². The van der Waals surface area contributed by atoms with Gasteiger partial charge in [-0.1, -0.05) is 18.7 Å². The number of rotatable bonds is 5. The van der Waals surface area contributed by atoms with E-state index >= 15 is 0 Å². The van der Waals surface area contributed by atoms with Crippen LogP contribution in [0.3, 0.4) is 0 Å². The van der Waals surface area contributed by atoms with Crippen LogP contribution in [0.15, 0.2) is 53.4 Å². The largest absolute Gasteiger partial charge is 0.458 e. The van der Waals surface area contributed by atoms with E-state index < -0.39 is 5.91 Å². The van der Waals surface area contributed by atoms with Gasteiger partial charge in [0.25, 0.3) is 5.91 Å². The standard InChI is InChI=1S/C13H14N2O2/c1-9-5-4-6-11(7-9)17-10(2)8-12(15-3)13(14)16/h4-8H,2-3H2,1H3,(H2,14,16)/b12-8-. The summed E-state index contributed by atoms with van der Waals surface area (Å²) in [6.07, 6.45) is 1.34. The van der Waals surface area contributed by atoms with E-state index in [2.05, 4.69) is 18.3 Å². The third-order valence-electron chi connectivity index (χ3n) is 1.96. The molecular weight excluding hydrogens is 216 g/mol. The van der Waals surface area contributed by atoms with Crippen molar-refractivity contribution in [3.8, 4) is 5.75 Å². The highest BCUT2D eigenvalue weighted by Gasteiger charge is 2.03. The van der Waals surface area contributed by atoms with Gasteiger partial charge in [0.05, 0.1) is 0 Å². The third kappa shape index (κ3) is 3.95. The molecule has 1 aromatic carbocycles. The average Bonchev–Trinajstić information content (AvgIpc) is 2.25. The summed E-state index contributed by atoms with van der Waals surface area (Å²) in [6, 6.07) is 7.45. The number of ether oxygens (including phenoxy) is 1. The lowest BCUT2D eigenvalue weighted by Gasteiger charge is -2.06. The van der Waals surface area contributed by atoms with Crippen molar-refractivity contribution < 1.29 is 9.53 Å². The number of carbonyl (C=O) groups excluding carboxylic acids is 1. The molecule has 2 N–H and O–H groups in total. The summed E-state index contributed by atoms with van der Waals surface area (Å²) in [6.45, 7) is 8.85. The molecule has 0 aliphatic heterocycles. The monoisotopic (exact) mass is 230 g/mol. The Morgan fingerprint density at radius 2 is 2.24 bits per heavy atom. The molecule has 88 valence electrons. The number of nitrogens with zero attached hydrogens (tertiary/aromatic N) is 1. The van der Waals surface area contributed by atoms with Crippen molar-refractivity contribution >= 4 is 12.6 Å². The number of aryl methyl sites for hydroxylation is 1. The molecule has 17 heavy (non-hydrogen) atoms. The Hall–Kier alpha value is -2.36. The zero-order chi connectivity index (χ0) is 12.8. The van der Waals surface area contributed by atoms with Crippen LogP contribution in [0.1, 0.15) is 5.56 Å². The van der Waals surface area contributed by atoms with Crippen LogP contribution >= 0.6 is 0 Å². The van der Waals surface area contributed by atoms with Crippen molar-refractivity contribution in [2.45, 2.75) is 6.92 Å². The summed E-state index contributed by atoms with van der Waals surface area (Å²) in [4.78, 5) is 14.4. The number of amides is 1. The average molecular weight is 230 g/mol. The van der Waals surface area contributed by atoms with E-state index in [1.807, 2.05) is 25.1 Å². The second-order valence-electron chi connectivity index (χ2n) is 3.44. The van der Waals surface area contributed by atoms with Gasteiger partial charge in [-0.25, -0.2) is 0 Å². The van der Waals surface area contributed by atoms with E-state index in [1.54, 1.807) is 6.07 Å². The number of carbonyl (C=O) groups is 1. The van der Waals surface area contributed by atoms with Crippen LogP contribution in [0.4, 0.5) is 0 Å². The summed E-state index contributed by atoms with van der Waals surface area (Å²) in [7, 11) is 0. The first-order valence-corrected chi connectivity index (χ1v) is 4.94. The molecular formula is C13H14N2O2. The Morgan fingerprint density at radius 3 is 2.76 bits per heavy atom. The minimum absolute atomic E-state index is 0.0163. The first-order chi connectivity index (χ1) is 8.02. The van der Waals surface area contributed by atoms with Crippen molar-refractivity contribution in [1.29, 1.82) is 0 Å². The smallest absolute Gasteiger partial charge is 0.267 e.